The van der Waals surface area contributed by atoms with Crippen LogP contribution in [0.1, 0.15) is 45.7 Å². The van der Waals surface area contributed by atoms with Gasteiger partial charge in [-0.2, -0.15) is 26.3 Å². The van der Waals surface area contributed by atoms with Crippen molar-refractivity contribution in [2.24, 2.45) is 7.05 Å². The van der Waals surface area contributed by atoms with Crippen LogP contribution >= 0.6 is 0 Å². The molecule has 2 heterocycles. The van der Waals surface area contributed by atoms with Gasteiger partial charge in [0.25, 0.3) is 11.5 Å². The second-order valence-electron chi connectivity index (χ2n) is 8.89. The minimum atomic E-state index is -5.03. The Morgan fingerprint density at radius 2 is 1.53 bits per heavy atom. The lowest BCUT2D eigenvalue weighted by atomic mass is 9.96. The average Bonchev–Trinajstić information content (AvgIpc) is 2.85. The third-order valence-corrected chi connectivity index (χ3v) is 6.17. The van der Waals surface area contributed by atoms with E-state index in [2.05, 4.69) is 10.3 Å². The van der Waals surface area contributed by atoms with Crippen molar-refractivity contribution in [3.63, 3.8) is 0 Å². The highest BCUT2D eigenvalue weighted by Crippen LogP contribution is 2.38. The van der Waals surface area contributed by atoms with Crippen molar-refractivity contribution < 1.29 is 31.1 Å². The number of halogens is 6. The zero-order valence-electron chi connectivity index (χ0n) is 20.3. The Bertz CT molecular complexity index is 1560. The van der Waals surface area contributed by atoms with Crippen molar-refractivity contribution in [3.05, 3.63) is 99.1 Å². The van der Waals surface area contributed by atoms with Crippen molar-refractivity contribution in [1.82, 2.24) is 14.9 Å². The Labute approximate surface area is 212 Å². The van der Waals surface area contributed by atoms with Crippen LogP contribution in [0.2, 0.25) is 0 Å². The molecule has 0 aliphatic carbocycles. The lowest BCUT2D eigenvalue weighted by Crippen LogP contribution is -2.34. The highest BCUT2D eigenvalue weighted by atomic mass is 19.4. The molecule has 0 bridgehead atoms. The summed E-state index contributed by atoms with van der Waals surface area (Å²) in [7, 11) is 1.35. The van der Waals surface area contributed by atoms with Gasteiger partial charge in [-0.3, -0.25) is 14.6 Å². The maximum Gasteiger partial charge on any atom is 0.416 e. The summed E-state index contributed by atoms with van der Waals surface area (Å²) in [6, 6.07) is 10.2. The fourth-order valence-corrected chi connectivity index (χ4v) is 4.19. The number of nitrogens with zero attached hydrogens (tertiary/aromatic N) is 2. The van der Waals surface area contributed by atoms with Gasteiger partial charge in [0.15, 0.2) is 0 Å². The van der Waals surface area contributed by atoms with Crippen LogP contribution in [0.4, 0.5) is 26.3 Å². The van der Waals surface area contributed by atoms with E-state index in [0.29, 0.717) is 28.6 Å². The van der Waals surface area contributed by atoms with Crippen LogP contribution < -0.4 is 10.9 Å². The zero-order chi connectivity index (χ0) is 28.0. The van der Waals surface area contributed by atoms with E-state index in [-0.39, 0.29) is 17.3 Å². The molecule has 4 rings (SSSR count). The second kappa shape index (κ2) is 9.62. The van der Waals surface area contributed by atoms with Gasteiger partial charge >= 0.3 is 12.4 Å². The molecule has 11 heteroatoms. The van der Waals surface area contributed by atoms with Gasteiger partial charge in [-0.1, -0.05) is 35.9 Å². The van der Waals surface area contributed by atoms with Gasteiger partial charge in [0, 0.05) is 24.2 Å². The van der Waals surface area contributed by atoms with Crippen LogP contribution in [-0.2, 0) is 19.4 Å². The van der Waals surface area contributed by atoms with Crippen LogP contribution in [0.15, 0.2) is 65.6 Å². The predicted octanol–water partition coefficient (Wildman–Crippen LogP) is 6.44. The predicted molar refractivity (Wildman–Crippen MR) is 129 cm³/mol. The summed E-state index contributed by atoms with van der Waals surface area (Å²) >= 11 is 0. The monoisotopic (exact) mass is 533 g/mol. The van der Waals surface area contributed by atoms with E-state index in [4.69, 9.17) is 0 Å². The number of amides is 1. The molecule has 0 unspecified atom stereocenters. The topological polar surface area (TPSA) is 64.0 Å². The Balaban J connectivity index is 1.85. The number of carbonyl (C=O) groups is 1. The standard InChI is InChI=1S/C27H21F6N3O2/c1-14-6-8-16(9-7-14)21-20-5-4-10-34-22(20)25(38)36(3)23(21)24(37)35-15(2)17-11-18(26(28,29)30)13-19(12-17)27(31,32)33/h4-13,15H,1-3H3,(H,35,37)/t15-/m0/s1. The number of rotatable bonds is 4. The first-order chi connectivity index (χ1) is 17.7. The molecule has 2 aromatic carbocycles. The molecule has 0 radical (unpaired) electrons. The third-order valence-electron chi connectivity index (χ3n) is 6.17. The van der Waals surface area contributed by atoms with Crippen molar-refractivity contribution in [2.75, 3.05) is 0 Å². The number of pyridine rings is 2. The van der Waals surface area contributed by atoms with E-state index in [9.17, 15) is 35.9 Å². The van der Waals surface area contributed by atoms with Gasteiger partial charge in [-0.15, -0.1) is 0 Å². The fourth-order valence-electron chi connectivity index (χ4n) is 4.19. The van der Waals surface area contributed by atoms with Gasteiger partial charge in [0.1, 0.15) is 11.2 Å². The van der Waals surface area contributed by atoms with Crippen molar-refractivity contribution in [1.29, 1.82) is 0 Å². The summed E-state index contributed by atoms with van der Waals surface area (Å²) in [6.45, 7) is 3.13. The van der Waals surface area contributed by atoms with Gasteiger partial charge in [-0.25, -0.2) is 0 Å². The summed E-state index contributed by atoms with van der Waals surface area (Å²) in [5.41, 5.74) is -2.14. The minimum Gasteiger partial charge on any atom is -0.344 e. The van der Waals surface area contributed by atoms with Gasteiger partial charge in [0.2, 0.25) is 0 Å². The molecule has 1 amide bonds. The molecule has 0 spiro atoms. The molecule has 38 heavy (non-hydrogen) atoms. The Hall–Kier alpha value is -4.15. The fraction of sp³-hybridized carbons (Fsp3) is 0.222. The first kappa shape index (κ1) is 26.9. The van der Waals surface area contributed by atoms with Crippen LogP contribution in [0, 0.1) is 6.92 Å². The first-order valence-electron chi connectivity index (χ1n) is 11.3. The number of hydrogen-bond acceptors (Lipinski definition) is 3. The van der Waals surface area contributed by atoms with Crippen molar-refractivity contribution >= 4 is 16.8 Å². The van der Waals surface area contributed by atoms with E-state index in [1.54, 1.807) is 36.4 Å². The summed E-state index contributed by atoms with van der Waals surface area (Å²) < 4.78 is 81.1. The Morgan fingerprint density at radius 1 is 0.947 bits per heavy atom. The van der Waals surface area contributed by atoms with Gasteiger partial charge in [-0.05, 0) is 49.2 Å². The van der Waals surface area contributed by atoms with E-state index in [1.807, 2.05) is 6.92 Å². The van der Waals surface area contributed by atoms with Crippen LogP contribution in [-0.4, -0.2) is 15.5 Å². The van der Waals surface area contributed by atoms with E-state index >= 15 is 0 Å². The number of fused-ring (bicyclic) bond motifs is 1. The van der Waals surface area contributed by atoms with E-state index < -0.39 is 46.6 Å². The molecular weight excluding hydrogens is 512 g/mol. The molecule has 0 fully saturated rings. The lowest BCUT2D eigenvalue weighted by molar-refractivity contribution is -0.143. The largest absolute Gasteiger partial charge is 0.416 e. The summed E-state index contributed by atoms with van der Waals surface area (Å²) in [5, 5.41) is 2.84. The number of nitrogens with one attached hydrogen (secondary N) is 1. The number of alkyl halides is 6. The van der Waals surface area contributed by atoms with Gasteiger partial charge in [0.05, 0.1) is 17.2 Å². The molecule has 0 saturated carbocycles. The highest BCUT2D eigenvalue weighted by molar-refractivity contribution is 6.07. The van der Waals surface area contributed by atoms with Crippen molar-refractivity contribution in [2.45, 2.75) is 32.2 Å². The van der Waals surface area contributed by atoms with Crippen LogP contribution in [0.25, 0.3) is 22.0 Å². The maximum atomic E-state index is 13.5. The van der Waals surface area contributed by atoms with Gasteiger partial charge < -0.3 is 9.88 Å². The number of carbonyl (C=O) groups excluding carboxylic acids is 1. The average molecular weight is 533 g/mol. The number of benzene rings is 2. The van der Waals surface area contributed by atoms with Crippen LogP contribution in [0.3, 0.4) is 0 Å². The molecule has 198 valence electrons. The molecule has 2 aromatic heterocycles. The molecule has 0 aliphatic rings. The summed E-state index contributed by atoms with van der Waals surface area (Å²) in [5.74, 6) is -0.857. The second-order valence-corrected chi connectivity index (χ2v) is 8.89. The normalized spacial score (nSPS) is 13.0. The lowest BCUT2D eigenvalue weighted by Gasteiger charge is -2.21. The Morgan fingerprint density at radius 3 is 2.08 bits per heavy atom. The van der Waals surface area contributed by atoms with E-state index in [1.165, 1.54) is 20.2 Å². The van der Waals surface area contributed by atoms with Crippen molar-refractivity contribution in [3.8, 4) is 11.1 Å². The summed E-state index contributed by atoms with van der Waals surface area (Å²) in [6.07, 6.45) is -8.64. The zero-order valence-corrected chi connectivity index (χ0v) is 20.3. The first-order valence-corrected chi connectivity index (χ1v) is 11.3. The molecule has 0 aliphatic heterocycles. The smallest absolute Gasteiger partial charge is 0.344 e. The third kappa shape index (κ3) is 5.13. The number of aryl methyl sites for hydroxylation is 1. The maximum absolute atomic E-state index is 13.5. The number of hydrogen-bond donors (Lipinski definition) is 1. The molecule has 1 atom stereocenters. The molecule has 4 aromatic rings. The Kier molecular flexibility index (Phi) is 6.81. The SMILES string of the molecule is Cc1ccc(-c2c(C(=O)N[C@@H](C)c3cc(C(F)(F)F)cc(C(F)(F)F)c3)n(C)c(=O)c3ncccc23)cc1. The number of aromatic nitrogens is 2. The highest BCUT2D eigenvalue weighted by Gasteiger charge is 2.37. The molecule has 0 saturated heterocycles. The minimum absolute atomic E-state index is 0.0214. The molecule has 1 N–H and O–H groups in total. The summed E-state index contributed by atoms with van der Waals surface area (Å²) in [4.78, 5) is 30.7. The van der Waals surface area contributed by atoms with Crippen LogP contribution in [0.5, 0.6) is 0 Å². The van der Waals surface area contributed by atoms with E-state index in [0.717, 1.165) is 10.1 Å². The quantitative estimate of drug-likeness (QED) is 0.307. The molecule has 5 nitrogen and oxygen atoms in total. The molecular formula is C27H21F6N3O2.